The monoisotopic (exact) mass is 295 g/mol. The first kappa shape index (κ1) is 10.1. The molecule has 0 saturated carbocycles. The van der Waals surface area contributed by atoms with Gasteiger partial charge in [0.25, 0.3) is 0 Å². The molecule has 16 heavy (non-hydrogen) atoms. The average molecular weight is 297 g/mol. The molecule has 0 fully saturated rings. The summed E-state index contributed by atoms with van der Waals surface area (Å²) in [7, 11) is 1.97. The molecule has 80 valence electrons. The smallest absolute Gasteiger partial charge is 0.156 e. The lowest BCUT2D eigenvalue weighted by Crippen LogP contribution is -1.89. The van der Waals surface area contributed by atoms with Crippen LogP contribution in [0.3, 0.4) is 0 Å². The zero-order valence-corrected chi connectivity index (χ0v) is 10.7. The summed E-state index contributed by atoms with van der Waals surface area (Å²) in [6.45, 7) is 0. The Morgan fingerprint density at radius 2 is 2.12 bits per heavy atom. The van der Waals surface area contributed by atoms with E-state index in [1.807, 2.05) is 29.8 Å². The van der Waals surface area contributed by atoms with Crippen molar-refractivity contribution in [1.29, 1.82) is 0 Å². The second-order valence-corrected chi connectivity index (χ2v) is 4.86. The molecule has 0 N–H and O–H groups in total. The Hall–Kier alpha value is -1.13. The summed E-state index contributed by atoms with van der Waals surface area (Å²) in [5.74, 6) is 0. The molecular formula is C11H7BrClN3. The molecule has 0 aliphatic heterocycles. The van der Waals surface area contributed by atoms with Gasteiger partial charge in [0.05, 0.1) is 5.52 Å². The van der Waals surface area contributed by atoms with Gasteiger partial charge in [-0.15, -0.1) is 0 Å². The fraction of sp³-hybridized carbons (Fsp3) is 0.0909. The van der Waals surface area contributed by atoms with Crippen molar-refractivity contribution in [2.24, 2.45) is 7.05 Å². The van der Waals surface area contributed by atoms with E-state index in [0.717, 1.165) is 26.4 Å². The predicted molar refractivity (Wildman–Crippen MR) is 68.7 cm³/mol. The third-order valence-electron chi connectivity index (χ3n) is 2.69. The fourth-order valence-electron chi connectivity index (χ4n) is 1.96. The molecule has 0 spiro atoms. The molecule has 0 bridgehead atoms. The first-order valence-electron chi connectivity index (χ1n) is 4.72. The van der Waals surface area contributed by atoms with Crippen molar-refractivity contribution in [2.45, 2.75) is 0 Å². The van der Waals surface area contributed by atoms with E-state index in [0.29, 0.717) is 5.15 Å². The van der Waals surface area contributed by atoms with Crippen molar-refractivity contribution in [3.63, 3.8) is 0 Å². The van der Waals surface area contributed by atoms with E-state index in [1.165, 1.54) is 6.33 Å². The van der Waals surface area contributed by atoms with Crippen LogP contribution in [0.25, 0.3) is 21.9 Å². The standard InChI is InChI=1S/C11H7BrClN3/c1-16-8-3-2-6(12)4-7(8)9-10(16)11(13)15-5-14-9/h2-5H,1H3. The van der Waals surface area contributed by atoms with Gasteiger partial charge >= 0.3 is 0 Å². The highest BCUT2D eigenvalue weighted by Crippen LogP contribution is 2.31. The SMILES string of the molecule is Cn1c2ccc(Br)cc2c2ncnc(Cl)c21. The van der Waals surface area contributed by atoms with Crippen molar-refractivity contribution >= 4 is 49.5 Å². The highest BCUT2D eigenvalue weighted by Gasteiger charge is 2.12. The van der Waals surface area contributed by atoms with Gasteiger partial charge in [0, 0.05) is 16.9 Å². The summed E-state index contributed by atoms with van der Waals surface area (Å²) in [6.07, 6.45) is 1.49. The number of aryl methyl sites for hydroxylation is 1. The molecule has 0 amide bonds. The third-order valence-corrected chi connectivity index (χ3v) is 3.46. The van der Waals surface area contributed by atoms with Gasteiger partial charge in [0.2, 0.25) is 0 Å². The van der Waals surface area contributed by atoms with E-state index >= 15 is 0 Å². The number of benzene rings is 1. The van der Waals surface area contributed by atoms with Gasteiger partial charge in [0.1, 0.15) is 17.4 Å². The van der Waals surface area contributed by atoms with E-state index in [4.69, 9.17) is 11.6 Å². The van der Waals surface area contributed by atoms with E-state index in [1.54, 1.807) is 0 Å². The summed E-state index contributed by atoms with van der Waals surface area (Å²) >= 11 is 9.55. The maximum atomic E-state index is 6.09. The summed E-state index contributed by atoms with van der Waals surface area (Å²) in [4.78, 5) is 8.30. The van der Waals surface area contributed by atoms with Crippen LogP contribution >= 0.6 is 27.5 Å². The van der Waals surface area contributed by atoms with Gasteiger partial charge in [-0.25, -0.2) is 9.97 Å². The molecule has 0 aliphatic rings. The van der Waals surface area contributed by atoms with Crippen molar-refractivity contribution in [2.75, 3.05) is 0 Å². The van der Waals surface area contributed by atoms with Crippen LogP contribution in [0, 0.1) is 0 Å². The zero-order chi connectivity index (χ0) is 11.3. The lowest BCUT2D eigenvalue weighted by Gasteiger charge is -1.97. The maximum absolute atomic E-state index is 6.09. The second kappa shape index (κ2) is 3.43. The van der Waals surface area contributed by atoms with Gasteiger partial charge in [-0.2, -0.15) is 0 Å². The van der Waals surface area contributed by atoms with Gasteiger partial charge in [-0.05, 0) is 18.2 Å². The van der Waals surface area contributed by atoms with Gasteiger partial charge in [-0.1, -0.05) is 27.5 Å². The van der Waals surface area contributed by atoms with Crippen molar-refractivity contribution < 1.29 is 0 Å². The van der Waals surface area contributed by atoms with Gasteiger partial charge in [-0.3, -0.25) is 0 Å². The normalized spacial score (nSPS) is 11.4. The minimum absolute atomic E-state index is 0.486. The Balaban J connectivity index is 2.65. The van der Waals surface area contributed by atoms with Gasteiger partial charge in [0.15, 0.2) is 5.15 Å². The Kier molecular flexibility index (Phi) is 2.16. The van der Waals surface area contributed by atoms with Crippen LogP contribution < -0.4 is 0 Å². The number of nitrogens with zero attached hydrogens (tertiary/aromatic N) is 3. The molecule has 0 radical (unpaired) electrons. The Morgan fingerprint density at radius 3 is 2.94 bits per heavy atom. The lowest BCUT2D eigenvalue weighted by molar-refractivity contribution is 1.00. The molecule has 0 unspecified atom stereocenters. The first-order chi connectivity index (χ1) is 7.68. The molecule has 2 aromatic heterocycles. The minimum atomic E-state index is 0.486. The van der Waals surface area contributed by atoms with Crippen LogP contribution in [0.5, 0.6) is 0 Å². The van der Waals surface area contributed by atoms with Crippen LogP contribution in [0.4, 0.5) is 0 Å². The number of aromatic nitrogens is 3. The van der Waals surface area contributed by atoms with Crippen LogP contribution in [-0.4, -0.2) is 14.5 Å². The van der Waals surface area contributed by atoms with E-state index in [2.05, 4.69) is 25.9 Å². The molecule has 0 atom stereocenters. The molecule has 1 aromatic carbocycles. The Bertz CT molecular complexity index is 705. The molecular weight excluding hydrogens is 289 g/mol. The lowest BCUT2D eigenvalue weighted by atomic mass is 10.2. The first-order valence-corrected chi connectivity index (χ1v) is 5.89. The van der Waals surface area contributed by atoms with Gasteiger partial charge < -0.3 is 4.57 Å². The Morgan fingerprint density at radius 1 is 1.31 bits per heavy atom. The van der Waals surface area contributed by atoms with Crippen LogP contribution in [0.15, 0.2) is 29.0 Å². The molecule has 0 saturated heterocycles. The predicted octanol–water partition coefficient (Wildman–Crippen LogP) is 3.54. The molecule has 5 heteroatoms. The number of hydrogen-bond acceptors (Lipinski definition) is 2. The van der Waals surface area contributed by atoms with Crippen molar-refractivity contribution in [1.82, 2.24) is 14.5 Å². The number of rotatable bonds is 0. The number of fused-ring (bicyclic) bond motifs is 3. The number of halogens is 2. The molecule has 3 nitrogen and oxygen atoms in total. The summed E-state index contributed by atoms with van der Waals surface area (Å²) in [6, 6.07) is 6.08. The fourth-order valence-corrected chi connectivity index (χ4v) is 2.58. The Labute approximate surface area is 105 Å². The quantitative estimate of drug-likeness (QED) is 0.594. The minimum Gasteiger partial charge on any atom is -0.340 e. The molecule has 0 aliphatic carbocycles. The van der Waals surface area contributed by atoms with E-state index < -0.39 is 0 Å². The zero-order valence-electron chi connectivity index (χ0n) is 8.41. The second-order valence-electron chi connectivity index (χ2n) is 3.58. The molecule has 2 heterocycles. The van der Waals surface area contributed by atoms with E-state index in [9.17, 15) is 0 Å². The maximum Gasteiger partial charge on any atom is 0.156 e. The highest BCUT2D eigenvalue weighted by molar-refractivity contribution is 9.10. The van der Waals surface area contributed by atoms with Crippen molar-refractivity contribution in [3.05, 3.63) is 34.2 Å². The number of hydrogen-bond donors (Lipinski definition) is 0. The molecule has 3 aromatic rings. The molecule has 3 rings (SSSR count). The van der Waals surface area contributed by atoms with Crippen LogP contribution in [0.1, 0.15) is 0 Å². The van der Waals surface area contributed by atoms with E-state index in [-0.39, 0.29) is 0 Å². The summed E-state index contributed by atoms with van der Waals surface area (Å²) in [5.41, 5.74) is 2.86. The topological polar surface area (TPSA) is 30.7 Å². The highest BCUT2D eigenvalue weighted by atomic mass is 79.9. The van der Waals surface area contributed by atoms with Crippen molar-refractivity contribution in [3.8, 4) is 0 Å². The summed E-state index contributed by atoms with van der Waals surface area (Å²) in [5, 5.41) is 1.57. The largest absolute Gasteiger partial charge is 0.340 e. The summed E-state index contributed by atoms with van der Waals surface area (Å²) < 4.78 is 3.04. The van der Waals surface area contributed by atoms with Crippen LogP contribution in [-0.2, 0) is 7.05 Å². The third kappa shape index (κ3) is 1.26. The average Bonchev–Trinajstić information content (AvgIpc) is 2.54. The van der Waals surface area contributed by atoms with Crippen LogP contribution in [0.2, 0.25) is 5.15 Å².